The molecular formula is C12H12N2O3. The topological polar surface area (TPSA) is 68.3 Å². The Morgan fingerprint density at radius 3 is 2.82 bits per heavy atom. The number of benzene rings is 1. The van der Waals surface area contributed by atoms with Gasteiger partial charge in [-0.1, -0.05) is 0 Å². The van der Waals surface area contributed by atoms with Gasteiger partial charge in [0.15, 0.2) is 0 Å². The Balaban J connectivity index is 2.07. The zero-order valence-electron chi connectivity index (χ0n) is 9.34. The van der Waals surface area contributed by atoms with Crippen molar-refractivity contribution in [1.82, 2.24) is 0 Å². The maximum absolute atomic E-state index is 10.6. The average molecular weight is 232 g/mol. The van der Waals surface area contributed by atoms with Gasteiger partial charge in [-0.2, -0.15) is 0 Å². The lowest BCUT2D eigenvalue weighted by Gasteiger charge is -2.05. The van der Waals surface area contributed by atoms with Crippen LogP contribution >= 0.6 is 0 Å². The van der Waals surface area contributed by atoms with Crippen molar-refractivity contribution in [2.75, 3.05) is 5.32 Å². The Morgan fingerprint density at radius 1 is 1.41 bits per heavy atom. The second kappa shape index (κ2) is 4.69. The molecular weight excluding hydrogens is 220 g/mol. The summed E-state index contributed by atoms with van der Waals surface area (Å²) in [5, 5.41) is 13.8. The molecule has 0 aliphatic heterocycles. The summed E-state index contributed by atoms with van der Waals surface area (Å²) < 4.78 is 5.18. The summed E-state index contributed by atoms with van der Waals surface area (Å²) in [5.41, 5.74) is 1.61. The molecule has 5 nitrogen and oxygen atoms in total. The van der Waals surface area contributed by atoms with Crippen molar-refractivity contribution in [3.05, 3.63) is 58.0 Å². The highest BCUT2D eigenvalue weighted by Gasteiger charge is 2.09. The lowest BCUT2D eigenvalue weighted by atomic mass is 10.2. The molecule has 88 valence electrons. The number of hydrogen-bond acceptors (Lipinski definition) is 4. The summed E-state index contributed by atoms with van der Waals surface area (Å²) in [7, 11) is 0. The van der Waals surface area contributed by atoms with E-state index in [1.54, 1.807) is 25.3 Å². The molecule has 1 aromatic carbocycles. The van der Waals surface area contributed by atoms with Crippen LogP contribution in [0.25, 0.3) is 0 Å². The molecule has 0 aliphatic carbocycles. The predicted molar refractivity (Wildman–Crippen MR) is 63.9 cm³/mol. The van der Waals surface area contributed by atoms with E-state index in [4.69, 9.17) is 4.42 Å². The van der Waals surface area contributed by atoms with Gasteiger partial charge in [-0.15, -0.1) is 0 Å². The van der Waals surface area contributed by atoms with Gasteiger partial charge in [0.2, 0.25) is 0 Å². The van der Waals surface area contributed by atoms with Gasteiger partial charge in [0.1, 0.15) is 5.76 Å². The molecule has 0 bridgehead atoms. The molecule has 0 fully saturated rings. The Morgan fingerprint density at radius 2 is 2.24 bits per heavy atom. The largest absolute Gasteiger partial charge is 0.467 e. The van der Waals surface area contributed by atoms with E-state index in [2.05, 4.69) is 5.32 Å². The fraction of sp³-hybridized carbons (Fsp3) is 0.167. The molecule has 0 radical (unpaired) electrons. The quantitative estimate of drug-likeness (QED) is 0.649. The van der Waals surface area contributed by atoms with Crippen LogP contribution in [0, 0.1) is 17.0 Å². The first-order chi connectivity index (χ1) is 8.16. The highest BCUT2D eigenvalue weighted by Crippen LogP contribution is 2.21. The Bertz CT molecular complexity index is 521. The summed E-state index contributed by atoms with van der Waals surface area (Å²) in [6.07, 6.45) is 1.61. The molecule has 0 saturated heterocycles. The first-order valence-corrected chi connectivity index (χ1v) is 5.18. The highest BCUT2D eigenvalue weighted by atomic mass is 16.6. The molecule has 1 aromatic heterocycles. The maximum Gasteiger partial charge on any atom is 0.272 e. The van der Waals surface area contributed by atoms with E-state index in [0.717, 1.165) is 11.4 Å². The van der Waals surface area contributed by atoms with E-state index < -0.39 is 0 Å². The van der Waals surface area contributed by atoms with E-state index in [1.165, 1.54) is 6.07 Å². The number of nitrogens with one attached hydrogen (secondary N) is 1. The molecule has 0 aliphatic rings. The third-order valence-electron chi connectivity index (χ3n) is 2.44. The molecule has 17 heavy (non-hydrogen) atoms. The van der Waals surface area contributed by atoms with Crippen LogP contribution in [0.15, 0.2) is 41.0 Å². The minimum Gasteiger partial charge on any atom is -0.467 e. The number of nitro benzene ring substituents is 1. The Kier molecular flexibility index (Phi) is 3.09. The van der Waals surface area contributed by atoms with E-state index in [-0.39, 0.29) is 10.6 Å². The van der Waals surface area contributed by atoms with E-state index in [1.807, 2.05) is 12.1 Å². The smallest absolute Gasteiger partial charge is 0.272 e. The lowest BCUT2D eigenvalue weighted by Crippen LogP contribution is -1.99. The number of nitro groups is 1. The number of anilines is 1. The lowest BCUT2D eigenvalue weighted by molar-refractivity contribution is -0.385. The zero-order valence-corrected chi connectivity index (χ0v) is 9.34. The normalized spacial score (nSPS) is 10.2. The van der Waals surface area contributed by atoms with Crippen molar-refractivity contribution in [1.29, 1.82) is 0 Å². The van der Waals surface area contributed by atoms with Crippen molar-refractivity contribution in [2.24, 2.45) is 0 Å². The van der Waals surface area contributed by atoms with Gasteiger partial charge >= 0.3 is 0 Å². The summed E-state index contributed by atoms with van der Waals surface area (Å²) in [6, 6.07) is 8.62. The van der Waals surface area contributed by atoms with Crippen molar-refractivity contribution in [3.8, 4) is 0 Å². The van der Waals surface area contributed by atoms with Gasteiger partial charge in [0, 0.05) is 17.3 Å². The second-order valence-electron chi connectivity index (χ2n) is 3.69. The van der Waals surface area contributed by atoms with Gasteiger partial charge < -0.3 is 9.73 Å². The van der Waals surface area contributed by atoms with Crippen LogP contribution in [0.5, 0.6) is 0 Å². The zero-order chi connectivity index (χ0) is 12.3. The van der Waals surface area contributed by atoms with Crippen molar-refractivity contribution < 1.29 is 9.34 Å². The molecule has 2 rings (SSSR count). The third kappa shape index (κ3) is 2.63. The summed E-state index contributed by atoms with van der Waals surface area (Å²) in [4.78, 5) is 10.3. The molecule has 0 unspecified atom stereocenters. The molecule has 1 heterocycles. The van der Waals surface area contributed by atoms with Crippen molar-refractivity contribution in [2.45, 2.75) is 13.5 Å². The molecule has 0 saturated carbocycles. The molecule has 0 atom stereocenters. The van der Waals surface area contributed by atoms with Crippen LogP contribution in [0.3, 0.4) is 0 Å². The SMILES string of the molecule is Cc1cc(NCc2ccco2)ccc1[N+](=O)[O-]. The van der Waals surface area contributed by atoms with Crippen LogP contribution in [0.1, 0.15) is 11.3 Å². The van der Waals surface area contributed by atoms with E-state index >= 15 is 0 Å². The van der Waals surface area contributed by atoms with Crippen LogP contribution in [0.4, 0.5) is 11.4 Å². The Hall–Kier alpha value is -2.30. The number of hydrogen-bond donors (Lipinski definition) is 1. The molecule has 1 N–H and O–H groups in total. The second-order valence-corrected chi connectivity index (χ2v) is 3.69. The Labute approximate surface area is 98.2 Å². The third-order valence-corrected chi connectivity index (χ3v) is 2.44. The van der Waals surface area contributed by atoms with Gasteiger partial charge in [-0.25, -0.2) is 0 Å². The number of nitrogens with zero attached hydrogens (tertiary/aromatic N) is 1. The van der Waals surface area contributed by atoms with E-state index in [9.17, 15) is 10.1 Å². The van der Waals surface area contributed by atoms with Crippen molar-refractivity contribution in [3.63, 3.8) is 0 Å². The monoisotopic (exact) mass is 232 g/mol. The standard InChI is InChI=1S/C12H12N2O3/c1-9-7-10(4-5-12(9)14(15)16)13-8-11-3-2-6-17-11/h2-7,13H,8H2,1H3. The average Bonchev–Trinajstić information content (AvgIpc) is 2.78. The summed E-state index contributed by atoms with van der Waals surface area (Å²) >= 11 is 0. The molecule has 0 amide bonds. The van der Waals surface area contributed by atoms with E-state index in [0.29, 0.717) is 12.1 Å². The van der Waals surface area contributed by atoms with Crippen LogP contribution in [0.2, 0.25) is 0 Å². The first-order valence-electron chi connectivity index (χ1n) is 5.18. The molecule has 5 heteroatoms. The fourth-order valence-electron chi connectivity index (χ4n) is 1.57. The van der Waals surface area contributed by atoms with Crippen LogP contribution in [-0.2, 0) is 6.54 Å². The fourth-order valence-corrected chi connectivity index (χ4v) is 1.57. The predicted octanol–water partition coefficient (Wildman–Crippen LogP) is 3.11. The summed E-state index contributed by atoms with van der Waals surface area (Å²) in [6.45, 7) is 2.28. The minimum absolute atomic E-state index is 0.133. The van der Waals surface area contributed by atoms with Gasteiger partial charge in [-0.3, -0.25) is 10.1 Å². The van der Waals surface area contributed by atoms with Crippen LogP contribution < -0.4 is 5.32 Å². The van der Waals surface area contributed by atoms with Gasteiger partial charge in [0.25, 0.3) is 5.69 Å². The number of rotatable bonds is 4. The van der Waals surface area contributed by atoms with Gasteiger partial charge in [0.05, 0.1) is 17.7 Å². The first kappa shape index (κ1) is 11.2. The van der Waals surface area contributed by atoms with Gasteiger partial charge in [-0.05, 0) is 31.2 Å². The molecule has 0 spiro atoms. The van der Waals surface area contributed by atoms with Crippen molar-refractivity contribution >= 4 is 11.4 Å². The number of furan rings is 1. The molecule has 2 aromatic rings. The maximum atomic E-state index is 10.6. The summed E-state index contributed by atoms with van der Waals surface area (Å²) in [5.74, 6) is 0.820. The minimum atomic E-state index is -0.383. The van der Waals surface area contributed by atoms with Crippen LogP contribution in [-0.4, -0.2) is 4.92 Å². The highest BCUT2D eigenvalue weighted by molar-refractivity contribution is 5.53. The number of aryl methyl sites for hydroxylation is 1.